The average molecular weight is 188 g/mol. The molecule has 5 nitrogen and oxygen atoms in total. The van der Waals surface area contributed by atoms with Gasteiger partial charge in [-0.05, 0) is 19.0 Å². The van der Waals surface area contributed by atoms with Gasteiger partial charge in [0, 0.05) is 18.7 Å². The Morgan fingerprint density at radius 1 is 1.38 bits per heavy atom. The molecule has 0 aliphatic rings. The number of ether oxygens (including phenoxy) is 1. The van der Waals surface area contributed by atoms with Crippen LogP contribution >= 0.6 is 0 Å². The maximum absolute atomic E-state index is 10.9. The van der Waals surface area contributed by atoms with Gasteiger partial charge in [-0.3, -0.25) is 0 Å². The lowest BCUT2D eigenvalue weighted by Gasteiger charge is -2.04. The molecule has 0 atom stereocenters. The predicted octanol–water partition coefficient (Wildman–Crippen LogP) is 1.54. The molecular weight excluding hydrogens is 170 g/mol. The van der Waals surface area contributed by atoms with Crippen LogP contribution in [0.1, 0.15) is 27.7 Å². The number of nitrogens with zero attached hydrogens (tertiary/aromatic N) is 2. The largest absolute Gasteiger partial charge is 0.462 e. The van der Waals surface area contributed by atoms with Gasteiger partial charge in [-0.2, -0.15) is 0 Å². The molecule has 5 heteroatoms. The zero-order valence-electron chi connectivity index (χ0n) is 8.87. The van der Waals surface area contributed by atoms with Gasteiger partial charge in [0.05, 0.1) is 7.11 Å². The molecule has 0 bridgehead atoms. The summed E-state index contributed by atoms with van der Waals surface area (Å²) >= 11 is 0. The predicted molar refractivity (Wildman–Crippen MR) is 48.5 cm³/mol. The summed E-state index contributed by atoms with van der Waals surface area (Å²) in [6.45, 7) is 7.74. The summed E-state index contributed by atoms with van der Waals surface area (Å²) in [4.78, 5) is 12.4. The Morgan fingerprint density at radius 3 is 2.23 bits per heavy atom. The number of methoxy groups -OCH3 is 1. The van der Waals surface area contributed by atoms with Crippen LogP contribution in [0, 0.1) is 0 Å². The Hall–Kier alpha value is -1.13. The number of amides is 1. The van der Waals surface area contributed by atoms with Gasteiger partial charge in [0.2, 0.25) is 6.04 Å². The van der Waals surface area contributed by atoms with E-state index < -0.39 is 6.09 Å². The van der Waals surface area contributed by atoms with Crippen molar-refractivity contribution < 1.29 is 14.3 Å². The van der Waals surface area contributed by atoms with Crippen LogP contribution < -0.4 is 5.43 Å². The average Bonchev–Trinajstić information content (AvgIpc) is 2.02. The van der Waals surface area contributed by atoms with Crippen LogP contribution in [0.15, 0.2) is 5.11 Å². The Morgan fingerprint density at radius 2 is 1.92 bits per heavy atom. The van der Waals surface area contributed by atoms with Crippen molar-refractivity contribution in [1.82, 2.24) is 5.43 Å². The second-order valence-corrected chi connectivity index (χ2v) is 3.25. The normalized spacial score (nSPS) is 12.1. The number of hydrogen-bond acceptors (Lipinski definition) is 3. The van der Waals surface area contributed by atoms with Crippen molar-refractivity contribution in [2.45, 2.75) is 39.8 Å². The van der Waals surface area contributed by atoms with Gasteiger partial charge in [0.15, 0.2) is 0 Å². The zero-order valence-corrected chi connectivity index (χ0v) is 8.87. The molecule has 0 aromatic heterocycles. The third kappa shape index (κ3) is 5.16. The standard InChI is InChI=1S/C8H17N3O2/c1-6(2)9-11(7(3)4)10-8(12)13-5/h6-7H,1-5H3/p+1. The molecule has 0 saturated heterocycles. The van der Waals surface area contributed by atoms with Crippen molar-refractivity contribution in [2.75, 3.05) is 7.11 Å². The molecule has 13 heavy (non-hydrogen) atoms. The Kier molecular flexibility index (Phi) is 5.03. The van der Waals surface area contributed by atoms with Crippen molar-refractivity contribution in [3.05, 3.63) is 0 Å². The first kappa shape index (κ1) is 11.9. The van der Waals surface area contributed by atoms with Gasteiger partial charge in [0.1, 0.15) is 6.04 Å². The quantitative estimate of drug-likeness (QED) is 0.415. The topological polar surface area (TPSA) is 53.7 Å². The van der Waals surface area contributed by atoms with Crippen LogP contribution in [0.5, 0.6) is 0 Å². The lowest BCUT2D eigenvalue weighted by Crippen LogP contribution is -2.38. The molecule has 0 heterocycles. The number of nitrogens with one attached hydrogen (secondary N) is 1. The van der Waals surface area contributed by atoms with E-state index in [4.69, 9.17) is 0 Å². The van der Waals surface area contributed by atoms with Crippen molar-refractivity contribution in [1.29, 1.82) is 0 Å². The summed E-state index contributed by atoms with van der Waals surface area (Å²) in [6.07, 6.45) is -0.502. The summed E-state index contributed by atoms with van der Waals surface area (Å²) in [7, 11) is 1.32. The van der Waals surface area contributed by atoms with Crippen molar-refractivity contribution >= 4 is 6.09 Å². The Bertz CT molecular complexity index is 200. The number of rotatable bonds is 3. The van der Waals surface area contributed by atoms with Crippen LogP contribution in [0.4, 0.5) is 4.79 Å². The second kappa shape index (κ2) is 5.50. The molecule has 0 rings (SSSR count). The summed E-state index contributed by atoms with van der Waals surface area (Å²) < 4.78 is 4.46. The molecule has 0 saturated carbocycles. The molecule has 0 aliphatic carbocycles. The van der Waals surface area contributed by atoms with E-state index in [2.05, 4.69) is 15.3 Å². The van der Waals surface area contributed by atoms with E-state index in [9.17, 15) is 4.79 Å². The monoisotopic (exact) mass is 188 g/mol. The van der Waals surface area contributed by atoms with Crippen molar-refractivity contribution in [2.24, 2.45) is 5.11 Å². The van der Waals surface area contributed by atoms with Gasteiger partial charge in [0.25, 0.3) is 0 Å². The molecule has 0 aliphatic heterocycles. The SMILES string of the molecule is COC(=O)N[N+](=NC(C)C)C(C)C. The van der Waals surface area contributed by atoms with Gasteiger partial charge in [-0.15, -0.1) is 0 Å². The summed E-state index contributed by atoms with van der Waals surface area (Å²) in [5, 5.41) is 4.19. The van der Waals surface area contributed by atoms with Crippen LogP contribution in [0.2, 0.25) is 0 Å². The number of carbonyl (C=O) groups is 1. The minimum Gasteiger partial charge on any atom is -0.449 e. The first-order valence-corrected chi connectivity index (χ1v) is 4.32. The van der Waals surface area contributed by atoms with E-state index in [1.54, 1.807) is 0 Å². The lowest BCUT2D eigenvalue weighted by atomic mass is 10.4. The maximum atomic E-state index is 10.9. The van der Waals surface area contributed by atoms with Gasteiger partial charge in [-0.1, -0.05) is 5.43 Å². The third-order valence-corrected chi connectivity index (χ3v) is 1.24. The third-order valence-electron chi connectivity index (χ3n) is 1.24. The second-order valence-electron chi connectivity index (χ2n) is 3.25. The highest BCUT2D eigenvalue weighted by Crippen LogP contribution is 1.92. The highest BCUT2D eigenvalue weighted by Gasteiger charge is 2.17. The van der Waals surface area contributed by atoms with Crippen LogP contribution in [0.3, 0.4) is 0 Å². The van der Waals surface area contributed by atoms with Gasteiger partial charge in [-0.25, -0.2) is 4.79 Å². The number of hydrazine groups is 1. The first-order chi connectivity index (χ1) is 5.97. The highest BCUT2D eigenvalue weighted by atomic mass is 16.5. The molecule has 0 radical (unpaired) electrons. The summed E-state index contributed by atoms with van der Waals surface area (Å²) in [5.41, 5.74) is 2.50. The minimum absolute atomic E-state index is 0.112. The highest BCUT2D eigenvalue weighted by molar-refractivity contribution is 5.65. The summed E-state index contributed by atoms with van der Waals surface area (Å²) in [6, 6.07) is 0.251. The fourth-order valence-electron chi connectivity index (χ4n) is 0.679. The molecule has 0 spiro atoms. The molecule has 0 unspecified atom stereocenters. The maximum Gasteiger partial charge on any atom is 0.462 e. The van der Waals surface area contributed by atoms with Gasteiger partial charge >= 0.3 is 6.09 Å². The van der Waals surface area contributed by atoms with Crippen molar-refractivity contribution in [3.63, 3.8) is 0 Å². The van der Waals surface area contributed by atoms with E-state index in [1.807, 2.05) is 27.7 Å². The Labute approximate surface area is 78.7 Å². The van der Waals surface area contributed by atoms with Gasteiger partial charge < -0.3 is 4.74 Å². The molecule has 0 aromatic carbocycles. The van der Waals surface area contributed by atoms with E-state index >= 15 is 0 Å². The summed E-state index contributed by atoms with van der Waals surface area (Å²) in [5.74, 6) is 0. The Balaban J connectivity index is 4.35. The van der Waals surface area contributed by atoms with E-state index in [1.165, 1.54) is 11.9 Å². The smallest absolute Gasteiger partial charge is 0.449 e. The van der Waals surface area contributed by atoms with Crippen LogP contribution in [-0.4, -0.2) is 30.1 Å². The molecule has 76 valence electrons. The van der Waals surface area contributed by atoms with Crippen LogP contribution in [-0.2, 0) is 4.74 Å². The fourth-order valence-corrected chi connectivity index (χ4v) is 0.679. The molecule has 0 fully saturated rings. The van der Waals surface area contributed by atoms with E-state index in [-0.39, 0.29) is 12.1 Å². The molecule has 0 aromatic rings. The van der Waals surface area contributed by atoms with E-state index in [0.29, 0.717) is 0 Å². The van der Waals surface area contributed by atoms with E-state index in [0.717, 1.165) is 0 Å². The first-order valence-electron chi connectivity index (χ1n) is 4.32. The molecule has 1 amide bonds. The lowest BCUT2D eigenvalue weighted by molar-refractivity contribution is -0.665. The molecular formula is C8H18N3O2+. The number of hydrogen-bond donors (Lipinski definition) is 1. The minimum atomic E-state index is -0.502. The van der Waals surface area contributed by atoms with Crippen molar-refractivity contribution in [3.8, 4) is 0 Å². The fraction of sp³-hybridized carbons (Fsp3) is 0.875. The number of carbonyl (C=O) groups excluding carboxylic acids is 1. The number of azo groups is 1. The zero-order chi connectivity index (χ0) is 10.4. The van der Waals surface area contributed by atoms with Crippen LogP contribution in [0.25, 0.3) is 0 Å². The molecule has 1 N–H and O–H groups in total.